The largest absolute Gasteiger partial charge is 0.274 e. The maximum absolute atomic E-state index is 10.8. The highest BCUT2D eigenvalue weighted by molar-refractivity contribution is 7.87. The van der Waals surface area contributed by atoms with Crippen LogP contribution in [-0.4, -0.2) is 13.3 Å². The molecule has 0 saturated heterocycles. The summed E-state index contributed by atoms with van der Waals surface area (Å²) in [6.45, 7) is 1.55. The molecule has 8 heteroatoms. The van der Waals surface area contributed by atoms with Crippen LogP contribution in [0.5, 0.6) is 0 Å². The number of hydrogen-bond donors (Lipinski definition) is 2. The first-order chi connectivity index (χ1) is 7.29. The van der Waals surface area contributed by atoms with E-state index in [4.69, 9.17) is 5.14 Å². The third kappa shape index (κ3) is 3.57. The summed E-state index contributed by atoms with van der Waals surface area (Å²) < 4.78 is 23.7. The summed E-state index contributed by atoms with van der Waals surface area (Å²) in [6.07, 6.45) is 0. The number of non-ortho nitro benzene ring substituents is 1. The SMILES string of the molecule is CC(NS(N)(=O)=O)c1cccc([N+](=O)[O-])c1. The molecule has 0 heterocycles. The van der Waals surface area contributed by atoms with Crippen molar-refractivity contribution in [2.75, 3.05) is 0 Å². The minimum absolute atomic E-state index is 0.0967. The monoisotopic (exact) mass is 245 g/mol. The Morgan fingerprint density at radius 1 is 1.50 bits per heavy atom. The van der Waals surface area contributed by atoms with Gasteiger partial charge >= 0.3 is 0 Å². The van der Waals surface area contributed by atoms with Gasteiger partial charge in [0.15, 0.2) is 0 Å². The van der Waals surface area contributed by atoms with E-state index >= 15 is 0 Å². The van der Waals surface area contributed by atoms with Crippen LogP contribution in [0.15, 0.2) is 24.3 Å². The summed E-state index contributed by atoms with van der Waals surface area (Å²) in [6, 6.07) is 5.07. The van der Waals surface area contributed by atoms with Gasteiger partial charge in [-0.25, -0.2) is 5.14 Å². The lowest BCUT2D eigenvalue weighted by atomic mass is 10.1. The molecule has 0 bridgehead atoms. The van der Waals surface area contributed by atoms with Gasteiger partial charge in [-0.2, -0.15) is 13.1 Å². The summed E-state index contributed by atoms with van der Waals surface area (Å²) in [5, 5.41) is 15.3. The summed E-state index contributed by atoms with van der Waals surface area (Å²) in [7, 11) is -3.82. The number of nitro benzene ring substituents is 1. The number of benzene rings is 1. The fourth-order valence-electron chi connectivity index (χ4n) is 1.22. The third-order valence-electron chi connectivity index (χ3n) is 1.92. The maximum Gasteiger partial charge on any atom is 0.274 e. The number of hydrogen-bond acceptors (Lipinski definition) is 4. The zero-order valence-corrected chi connectivity index (χ0v) is 9.27. The summed E-state index contributed by atoms with van der Waals surface area (Å²) in [5.41, 5.74) is 0.379. The Morgan fingerprint density at radius 2 is 2.12 bits per heavy atom. The Hall–Kier alpha value is -1.51. The van der Waals surface area contributed by atoms with Crippen LogP contribution in [0.25, 0.3) is 0 Å². The zero-order valence-electron chi connectivity index (χ0n) is 8.45. The van der Waals surface area contributed by atoms with E-state index in [1.165, 1.54) is 18.2 Å². The van der Waals surface area contributed by atoms with E-state index in [1.807, 2.05) is 0 Å². The molecule has 88 valence electrons. The van der Waals surface area contributed by atoms with Gasteiger partial charge in [-0.3, -0.25) is 10.1 Å². The normalized spacial score (nSPS) is 13.4. The van der Waals surface area contributed by atoms with Crippen molar-refractivity contribution in [3.05, 3.63) is 39.9 Å². The summed E-state index contributed by atoms with van der Waals surface area (Å²) in [4.78, 5) is 9.95. The number of nitrogens with zero attached hydrogens (tertiary/aromatic N) is 1. The predicted molar refractivity (Wildman–Crippen MR) is 57.8 cm³/mol. The quantitative estimate of drug-likeness (QED) is 0.591. The molecule has 3 N–H and O–H groups in total. The molecule has 1 rings (SSSR count). The standard InChI is InChI=1S/C8H11N3O4S/c1-6(10-16(9,14)15)7-3-2-4-8(5-7)11(12)13/h2-6,10H,1H3,(H2,9,14,15). The molecule has 0 aliphatic rings. The van der Waals surface area contributed by atoms with E-state index < -0.39 is 21.2 Å². The third-order valence-corrected chi connectivity index (χ3v) is 2.60. The van der Waals surface area contributed by atoms with Crippen LogP contribution in [0, 0.1) is 10.1 Å². The Labute approximate surface area is 92.6 Å². The molecule has 0 fully saturated rings. The predicted octanol–water partition coefficient (Wildman–Crippen LogP) is 0.449. The van der Waals surface area contributed by atoms with Crippen LogP contribution in [-0.2, 0) is 10.2 Å². The molecule has 1 atom stereocenters. The van der Waals surface area contributed by atoms with Gasteiger partial charge in [-0.05, 0) is 12.5 Å². The first kappa shape index (κ1) is 12.6. The van der Waals surface area contributed by atoms with E-state index in [0.29, 0.717) is 5.56 Å². The van der Waals surface area contributed by atoms with Gasteiger partial charge in [0.25, 0.3) is 15.9 Å². The van der Waals surface area contributed by atoms with Crippen LogP contribution in [0.4, 0.5) is 5.69 Å². The van der Waals surface area contributed by atoms with Gasteiger partial charge < -0.3 is 0 Å². The van der Waals surface area contributed by atoms with Crippen molar-refractivity contribution >= 4 is 15.9 Å². The zero-order chi connectivity index (χ0) is 12.3. The van der Waals surface area contributed by atoms with Crippen molar-refractivity contribution in [2.45, 2.75) is 13.0 Å². The Bertz CT molecular complexity index is 500. The minimum atomic E-state index is -3.82. The number of rotatable bonds is 4. The molecule has 0 aliphatic carbocycles. The molecular weight excluding hydrogens is 234 g/mol. The van der Waals surface area contributed by atoms with Gasteiger partial charge in [-0.15, -0.1) is 0 Å². The highest BCUT2D eigenvalue weighted by atomic mass is 32.2. The minimum Gasteiger partial charge on any atom is -0.258 e. The summed E-state index contributed by atoms with van der Waals surface area (Å²) >= 11 is 0. The maximum atomic E-state index is 10.8. The van der Waals surface area contributed by atoms with E-state index in [2.05, 4.69) is 4.72 Å². The fourth-order valence-corrected chi connectivity index (χ4v) is 1.85. The molecular formula is C8H11N3O4S. The molecule has 1 unspecified atom stereocenters. The first-order valence-corrected chi connectivity index (χ1v) is 5.88. The van der Waals surface area contributed by atoms with Gasteiger partial charge in [0, 0.05) is 18.2 Å². The average molecular weight is 245 g/mol. The van der Waals surface area contributed by atoms with Crippen molar-refractivity contribution in [3.63, 3.8) is 0 Å². The number of nitrogens with two attached hydrogens (primary N) is 1. The van der Waals surface area contributed by atoms with Crippen LogP contribution in [0.3, 0.4) is 0 Å². The molecule has 1 aromatic carbocycles. The Kier molecular flexibility index (Phi) is 3.58. The highest BCUT2D eigenvalue weighted by Crippen LogP contribution is 2.18. The molecule has 16 heavy (non-hydrogen) atoms. The van der Waals surface area contributed by atoms with Crippen LogP contribution < -0.4 is 9.86 Å². The highest BCUT2D eigenvalue weighted by Gasteiger charge is 2.14. The topological polar surface area (TPSA) is 115 Å². The van der Waals surface area contributed by atoms with Gasteiger partial charge in [0.2, 0.25) is 0 Å². The molecule has 7 nitrogen and oxygen atoms in total. The van der Waals surface area contributed by atoms with E-state index in [1.54, 1.807) is 13.0 Å². The molecule has 0 radical (unpaired) electrons. The smallest absolute Gasteiger partial charge is 0.258 e. The number of nitro groups is 1. The second-order valence-electron chi connectivity index (χ2n) is 3.24. The second kappa shape index (κ2) is 4.56. The van der Waals surface area contributed by atoms with Crippen LogP contribution in [0.1, 0.15) is 18.5 Å². The van der Waals surface area contributed by atoms with Gasteiger partial charge in [0.05, 0.1) is 4.92 Å². The van der Waals surface area contributed by atoms with Gasteiger partial charge in [-0.1, -0.05) is 12.1 Å². The number of nitrogens with one attached hydrogen (secondary N) is 1. The average Bonchev–Trinajstić information content (AvgIpc) is 2.15. The fraction of sp³-hybridized carbons (Fsp3) is 0.250. The lowest BCUT2D eigenvalue weighted by Gasteiger charge is -2.11. The molecule has 0 aromatic heterocycles. The van der Waals surface area contributed by atoms with Gasteiger partial charge in [0.1, 0.15) is 0 Å². The molecule has 0 amide bonds. The van der Waals surface area contributed by atoms with E-state index in [0.717, 1.165) is 0 Å². The van der Waals surface area contributed by atoms with Crippen LogP contribution in [0.2, 0.25) is 0 Å². The second-order valence-corrected chi connectivity index (χ2v) is 4.56. The summed E-state index contributed by atoms with van der Waals surface area (Å²) in [5.74, 6) is 0. The van der Waals surface area contributed by atoms with Crippen molar-refractivity contribution < 1.29 is 13.3 Å². The van der Waals surface area contributed by atoms with Crippen molar-refractivity contribution in [2.24, 2.45) is 5.14 Å². The Morgan fingerprint density at radius 3 is 2.62 bits per heavy atom. The molecule has 0 aliphatic heterocycles. The van der Waals surface area contributed by atoms with E-state index in [-0.39, 0.29) is 5.69 Å². The molecule has 0 spiro atoms. The van der Waals surface area contributed by atoms with Crippen molar-refractivity contribution in [3.8, 4) is 0 Å². The molecule has 0 saturated carbocycles. The Balaban J connectivity index is 2.96. The molecule has 1 aromatic rings. The first-order valence-electron chi connectivity index (χ1n) is 4.34. The lowest BCUT2D eigenvalue weighted by Crippen LogP contribution is -2.32. The van der Waals surface area contributed by atoms with E-state index in [9.17, 15) is 18.5 Å². The van der Waals surface area contributed by atoms with Crippen LogP contribution >= 0.6 is 0 Å². The van der Waals surface area contributed by atoms with Crippen molar-refractivity contribution in [1.29, 1.82) is 0 Å². The lowest BCUT2D eigenvalue weighted by molar-refractivity contribution is -0.384. The van der Waals surface area contributed by atoms with Crippen molar-refractivity contribution in [1.82, 2.24) is 4.72 Å².